The second-order valence-electron chi connectivity index (χ2n) is 6.10. The van der Waals surface area contributed by atoms with Gasteiger partial charge in [0.05, 0.1) is 16.8 Å². The molecule has 0 amide bonds. The normalized spacial score (nSPS) is 25.1. The van der Waals surface area contributed by atoms with Crippen LogP contribution in [0.15, 0.2) is 0 Å². The molecule has 0 aromatic heterocycles. The zero-order chi connectivity index (χ0) is 17.8. The van der Waals surface area contributed by atoms with Gasteiger partial charge in [0.2, 0.25) is 0 Å². The van der Waals surface area contributed by atoms with Crippen LogP contribution in [0.2, 0.25) is 0 Å². The maximum absolute atomic E-state index is 10.9. The molecule has 1 saturated carbocycles. The molecular weight excluding hydrogens is 394 g/mol. The Morgan fingerprint density at radius 2 is 1.67 bits per heavy atom. The number of thioether (sulfide) groups is 2. The fraction of sp³-hybridized carbons (Fsp3) is 0.923. The molecule has 0 aromatic rings. The van der Waals surface area contributed by atoms with Crippen molar-refractivity contribution in [3.63, 3.8) is 0 Å². The number of rotatable bonds is 8. The van der Waals surface area contributed by atoms with E-state index in [-0.39, 0.29) is 11.5 Å². The first kappa shape index (κ1) is 20.5. The third-order valence-corrected chi connectivity index (χ3v) is 8.64. The average molecular weight is 419 g/mol. The highest BCUT2D eigenvalue weighted by Crippen LogP contribution is 2.40. The van der Waals surface area contributed by atoms with Gasteiger partial charge < -0.3 is 0 Å². The molecule has 0 radical (unpaired) electrons. The maximum atomic E-state index is 10.9. The monoisotopic (exact) mass is 418 g/mol. The minimum Gasteiger partial charge on any atom is -0.286 e. The fourth-order valence-electron chi connectivity index (χ4n) is 3.10. The van der Waals surface area contributed by atoms with Gasteiger partial charge in [0, 0.05) is 18.6 Å². The van der Waals surface area contributed by atoms with Gasteiger partial charge in [-0.15, -0.1) is 0 Å². The Hall–Kier alpha value is 0.190. The second-order valence-corrected chi connectivity index (χ2v) is 11.8. The van der Waals surface area contributed by atoms with Crippen molar-refractivity contribution in [1.29, 1.82) is 0 Å². The number of hydrogen-bond acceptors (Lipinski definition) is 6. The van der Waals surface area contributed by atoms with Gasteiger partial charge in [-0.2, -0.15) is 16.8 Å². The van der Waals surface area contributed by atoms with E-state index in [1.54, 1.807) is 23.5 Å². The van der Waals surface area contributed by atoms with E-state index in [1.165, 1.54) is 6.42 Å². The summed E-state index contributed by atoms with van der Waals surface area (Å²) < 4.78 is 64.4. The largest absolute Gasteiger partial charge is 0.286 e. The molecule has 2 aliphatic rings. The molecule has 1 aliphatic heterocycles. The van der Waals surface area contributed by atoms with Gasteiger partial charge in [-0.05, 0) is 31.0 Å². The predicted octanol–water partition coefficient (Wildman–Crippen LogP) is 1.70. The molecule has 0 saturated heterocycles. The van der Waals surface area contributed by atoms with E-state index in [0.717, 1.165) is 23.6 Å². The minimum absolute atomic E-state index is 0.243. The molecule has 2 unspecified atom stereocenters. The zero-order valence-corrected chi connectivity index (χ0v) is 16.6. The molecule has 2 N–H and O–H groups in total. The lowest BCUT2D eigenvalue weighted by Gasteiger charge is -2.21. The van der Waals surface area contributed by atoms with Gasteiger partial charge >= 0.3 is 0 Å². The van der Waals surface area contributed by atoms with Crippen molar-refractivity contribution in [2.24, 2.45) is 0 Å². The predicted molar refractivity (Wildman–Crippen MR) is 98.3 cm³/mol. The topological polar surface area (TPSA) is 112 Å². The number of nitrogens with zero attached hydrogens (tertiary/aromatic N) is 1. The van der Waals surface area contributed by atoms with Crippen LogP contribution < -0.4 is 0 Å². The van der Waals surface area contributed by atoms with Crippen LogP contribution in [0.25, 0.3) is 0 Å². The standard InChI is InChI=1S/C13H23NO6S4/c15-23(16,17)9-3-7-14-11-5-1-2-6-12(11)22-13(14)21-8-4-10-24(18,19)20/h11-12H,1-10H2,(H-,15,16,17,18,19,20)/p+1. The van der Waals surface area contributed by atoms with Crippen molar-refractivity contribution in [2.45, 2.75) is 49.8 Å². The van der Waals surface area contributed by atoms with Gasteiger partial charge in [0.15, 0.2) is 6.04 Å². The Bertz CT molecular complexity index is 673. The van der Waals surface area contributed by atoms with Crippen molar-refractivity contribution in [2.75, 3.05) is 23.8 Å². The summed E-state index contributed by atoms with van der Waals surface area (Å²) in [5.41, 5.74) is 0. The van der Waals surface area contributed by atoms with Crippen LogP contribution in [0, 0.1) is 0 Å². The van der Waals surface area contributed by atoms with E-state index in [0.29, 0.717) is 36.4 Å². The van der Waals surface area contributed by atoms with E-state index in [2.05, 4.69) is 4.58 Å². The molecule has 2 atom stereocenters. The average Bonchev–Trinajstić information content (AvgIpc) is 2.80. The molecular formula is C13H24NO6S4+. The summed E-state index contributed by atoms with van der Waals surface area (Å²) >= 11 is 3.38. The van der Waals surface area contributed by atoms with Gasteiger partial charge in [-0.25, -0.2) is 4.58 Å². The highest BCUT2D eigenvalue weighted by Gasteiger charge is 2.43. The Morgan fingerprint density at radius 1 is 1.04 bits per heavy atom. The molecule has 1 fully saturated rings. The quantitative estimate of drug-likeness (QED) is 0.348. The minimum atomic E-state index is -3.94. The Morgan fingerprint density at radius 3 is 2.33 bits per heavy atom. The summed E-state index contributed by atoms with van der Waals surface area (Å²) in [7, 11) is -7.87. The van der Waals surface area contributed by atoms with Gasteiger partial charge in [0.25, 0.3) is 24.6 Å². The van der Waals surface area contributed by atoms with Crippen molar-refractivity contribution in [3.05, 3.63) is 0 Å². The summed E-state index contributed by atoms with van der Waals surface area (Å²) in [6.07, 6.45) is 5.34. The van der Waals surface area contributed by atoms with Crippen LogP contribution in [0.4, 0.5) is 0 Å². The molecule has 0 bridgehead atoms. The van der Waals surface area contributed by atoms with Gasteiger partial charge in [0.1, 0.15) is 6.54 Å². The van der Waals surface area contributed by atoms with E-state index >= 15 is 0 Å². The SMILES string of the molecule is O=S(=O)(O)CCCSC1=[N+](CCCS(=O)(=O)O)C2CCCCC2S1. The van der Waals surface area contributed by atoms with Crippen LogP contribution >= 0.6 is 23.5 Å². The lowest BCUT2D eigenvalue weighted by molar-refractivity contribution is -0.560. The van der Waals surface area contributed by atoms with Crippen molar-refractivity contribution < 1.29 is 30.5 Å². The third kappa shape index (κ3) is 6.83. The Kier molecular flexibility index (Phi) is 7.45. The van der Waals surface area contributed by atoms with Crippen LogP contribution in [0.5, 0.6) is 0 Å². The lowest BCUT2D eigenvalue weighted by Crippen LogP contribution is -2.35. The maximum Gasteiger partial charge on any atom is 0.270 e. The van der Waals surface area contributed by atoms with Crippen LogP contribution in [-0.2, 0) is 20.2 Å². The van der Waals surface area contributed by atoms with Crippen LogP contribution in [-0.4, -0.2) is 70.0 Å². The first-order valence-electron chi connectivity index (χ1n) is 7.99. The second kappa shape index (κ2) is 8.72. The van der Waals surface area contributed by atoms with Crippen LogP contribution in [0.3, 0.4) is 0 Å². The summed E-state index contributed by atoms with van der Waals surface area (Å²) in [4.78, 5) is 0. The first-order valence-corrected chi connectivity index (χ1v) is 13.1. The fourth-order valence-corrected chi connectivity index (χ4v) is 7.38. The van der Waals surface area contributed by atoms with Crippen molar-refractivity contribution in [3.8, 4) is 0 Å². The lowest BCUT2D eigenvalue weighted by atomic mass is 9.94. The summed E-state index contributed by atoms with van der Waals surface area (Å²) in [6, 6.07) is 0.397. The number of hydrogen-bond donors (Lipinski definition) is 2. The van der Waals surface area contributed by atoms with Crippen LogP contribution in [0.1, 0.15) is 38.5 Å². The smallest absolute Gasteiger partial charge is 0.270 e. The van der Waals surface area contributed by atoms with E-state index in [4.69, 9.17) is 9.11 Å². The number of fused-ring (bicyclic) bond motifs is 1. The highest BCUT2D eigenvalue weighted by atomic mass is 32.2. The van der Waals surface area contributed by atoms with Gasteiger partial charge in [-0.1, -0.05) is 18.2 Å². The Balaban J connectivity index is 1.96. The molecule has 0 aromatic carbocycles. The van der Waals surface area contributed by atoms with E-state index in [1.807, 2.05) is 0 Å². The third-order valence-electron chi connectivity index (χ3n) is 4.13. The molecule has 140 valence electrons. The highest BCUT2D eigenvalue weighted by molar-refractivity contribution is 8.38. The Labute approximate surface area is 152 Å². The van der Waals surface area contributed by atoms with E-state index in [9.17, 15) is 16.8 Å². The van der Waals surface area contributed by atoms with Gasteiger partial charge in [-0.3, -0.25) is 9.11 Å². The summed E-state index contributed by atoms with van der Waals surface area (Å²) in [5, 5.41) is 0.508. The van der Waals surface area contributed by atoms with E-state index < -0.39 is 20.2 Å². The molecule has 1 heterocycles. The molecule has 7 nitrogen and oxygen atoms in total. The first-order chi connectivity index (χ1) is 11.2. The van der Waals surface area contributed by atoms with Crippen molar-refractivity contribution in [1.82, 2.24) is 0 Å². The summed E-state index contributed by atoms with van der Waals surface area (Å²) in [5.74, 6) is 0.107. The molecule has 2 rings (SSSR count). The molecule has 11 heteroatoms. The molecule has 0 spiro atoms. The molecule has 1 aliphatic carbocycles. The van der Waals surface area contributed by atoms with Crippen molar-refractivity contribution >= 4 is 48.1 Å². The molecule has 24 heavy (non-hydrogen) atoms. The zero-order valence-electron chi connectivity index (χ0n) is 13.3. The summed E-state index contributed by atoms with van der Waals surface area (Å²) in [6.45, 7) is 0.578.